The molecule has 0 spiro atoms. The van der Waals surface area contributed by atoms with Gasteiger partial charge in [-0.25, -0.2) is 0 Å². The molecule has 0 heterocycles. The molecule has 0 saturated carbocycles. The molecule has 0 radical (unpaired) electrons. The minimum Gasteiger partial charge on any atom is -0.462 e. The van der Waals surface area contributed by atoms with Crippen LogP contribution >= 0.6 is 0 Å². The molecule has 0 aromatic carbocycles. The Balaban J connectivity index is 3.89. The van der Waals surface area contributed by atoms with Crippen LogP contribution in [0.3, 0.4) is 0 Å². The highest BCUT2D eigenvalue weighted by atomic mass is 16.6. The van der Waals surface area contributed by atoms with Gasteiger partial charge in [-0.15, -0.1) is 0 Å². The van der Waals surface area contributed by atoms with Crippen molar-refractivity contribution in [1.82, 2.24) is 0 Å². The minimum absolute atomic E-state index is 0.0736. The van der Waals surface area contributed by atoms with Crippen LogP contribution in [0.5, 0.6) is 0 Å². The number of unbranched alkanes of at least 4 members (excludes halogenated alkanes) is 25. The van der Waals surface area contributed by atoms with Crippen LogP contribution < -0.4 is 0 Å². The van der Waals surface area contributed by atoms with Crippen molar-refractivity contribution < 1.29 is 28.6 Å². The molecule has 1 unspecified atom stereocenters. The molecule has 0 rings (SSSR count). The van der Waals surface area contributed by atoms with Gasteiger partial charge in [0.15, 0.2) is 6.10 Å². The molecule has 0 aromatic heterocycles. The molecule has 384 valence electrons. The first-order valence-corrected chi connectivity index (χ1v) is 28.1. The fourth-order valence-electron chi connectivity index (χ4n) is 7.72. The molecular formula is C61H104O6. The van der Waals surface area contributed by atoms with Crippen LogP contribution in [0.4, 0.5) is 0 Å². The quantitative estimate of drug-likeness (QED) is 0.0262. The van der Waals surface area contributed by atoms with E-state index in [0.29, 0.717) is 19.3 Å². The third-order valence-corrected chi connectivity index (χ3v) is 11.9. The van der Waals surface area contributed by atoms with Crippen molar-refractivity contribution in [3.8, 4) is 0 Å². The molecule has 0 fully saturated rings. The van der Waals surface area contributed by atoms with Gasteiger partial charge in [-0.05, 0) is 77.0 Å². The van der Waals surface area contributed by atoms with E-state index in [1.165, 1.54) is 116 Å². The largest absolute Gasteiger partial charge is 0.462 e. The molecule has 0 aliphatic rings. The van der Waals surface area contributed by atoms with Crippen molar-refractivity contribution in [3.05, 3.63) is 85.1 Å². The smallest absolute Gasteiger partial charge is 0.306 e. The van der Waals surface area contributed by atoms with Crippen molar-refractivity contribution in [2.75, 3.05) is 13.2 Å². The Morgan fingerprint density at radius 3 is 0.910 bits per heavy atom. The van der Waals surface area contributed by atoms with Gasteiger partial charge in [-0.2, -0.15) is 0 Å². The molecule has 0 bridgehead atoms. The van der Waals surface area contributed by atoms with Gasteiger partial charge in [0, 0.05) is 19.3 Å². The normalized spacial score (nSPS) is 12.7. The molecule has 0 saturated heterocycles. The third-order valence-electron chi connectivity index (χ3n) is 11.9. The summed E-state index contributed by atoms with van der Waals surface area (Å²) in [5.41, 5.74) is 0. The zero-order valence-corrected chi connectivity index (χ0v) is 43.9. The number of carbonyl (C=O) groups is 3. The summed E-state index contributed by atoms with van der Waals surface area (Å²) in [4.78, 5) is 37.5. The Morgan fingerprint density at radius 1 is 0.313 bits per heavy atom. The van der Waals surface area contributed by atoms with Crippen molar-refractivity contribution in [3.63, 3.8) is 0 Å². The van der Waals surface area contributed by atoms with Crippen LogP contribution in [0, 0.1) is 0 Å². The van der Waals surface area contributed by atoms with Gasteiger partial charge in [-0.1, -0.05) is 254 Å². The lowest BCUT2D eigenvalue weighted by Gasteiger charge is -2.18. The Hall–Kier alpha value is -3.41. The number of hydrogen-bond donors (Lipinski definition) is 0. The summed E-state index contributed by atoms with van der Waals surface area (Å²) in [6.45, 7) is 6.42. The molecule has 0 aromatic rings. The van der Waals surface area contributed by atoms with E-state index in [2.05, 4.69) is 106 Å². The third kappa shape index (κ3) is 53.4. The average Bonchev–Trinajstić information content (AvgIpc) is 3.33. The Bertz CT molecular complexity index is 1300. The summed E-state index contributed by atoms with van der Waals surface area (Å²) in [6.07, 6.45) is 72.1. The van der Waals surface area contributed by atoms with E-state index in [1.54, 1.807) is 0 Å². The summed E-state index contributed by atoms with van der Waals surface area (Å²) < 4.78 is 16.6. The molecule has 0 aliphatic carbocycles. The van der Waals surface area contributed by atoms with Crippen LogP contribution in [-0.4, -0.2) is 37.2 Å². The van der Waals surface area contributed by atoms with Gasteiger partial charge < -0.3 is 14.2 Å². The van der Waals surface area contributed by atoms with E-state index >= 15 is 0 Å². The summed E-state index contributed by atoms with van der Waals surface area (Å²) in [5.74, 6) is -0.889. The highest BCUT2D eigenvalue weighted by Gasteiger charge is 2.19. The predicted octanol–water partition coefficient (Wildman–Crippen LogP) is 18.8. The topological polar surface area (TPSA) is 78.9 Å². The maximum Gasteiger partial charge on any atom is 0.306 e. The lowest BCUT2D eigenvalue weighted by atomic mass is 10.0. The number of hydrogen-bond acceptors (Lipinski definition) is 6. The zero-order chi connectivity index (χ0) is 48.6. The highest BCUT2D eigenvalue weighted by Crippen LogP contribution is 2.15. The molecule has 0 N–H and O–H groups in total. The molecule has 67 heavy (non-hydrogen) atoms. The molecule has 0 aliphatic heterocycles. The summed E-state index contributed by atoms with van der Waals surface area (Å²) >= 11 is 0. The van der Waals surface area contributed by atoms with Gasteiger partial charge in [0.05, 0.1) is 0 Å². The second-order valence-electron chi connectivity index (χ2n) is 18.5. The van der Waals surface area contributed by atoms with E-state index in [4.69, 9.17) is 14.2 Å². The summed E-state index contributed by atoms with van der Waals surface area (Å²) in [6, 6.07) is 0. The summed E-state index contributed by atoms with van der Waals surface area (Å²) in [5, 5.41) is 0. The second-order valence-corrected chi connectivity index (χ2v) is 18.5. The Kier molecular flexibility index (Phi) is 52.4. The summed E-state index contributed by atoms with van der Waals surface area (Å²) in [7, 11) is 0. The Morgan fingerprint density at radius 2 is 0.582 bits per heavy atom. The fourth-order valence-corrected chi connectivity index (χ4v) is 7.72. The van der Waals surface area contributed by atoms with Gasteiger partial charge >= 0.3 is 17.9 Å². The number of carbonyl (C=O) groups excluding carboxylic acids is 3. The number of ether oxygens (including phenoxy) is 3. The first-order valence-electron chi connectivity index (χ1n) is 28.1. The lowest BCUT2D eigenvalue weighted by Crippen LogP contribution is -2.30. The second kappa shape index (κ2) is 55.2. The van der Waals surface area contributed by atoms with Crippen molar-refractivity contribution in [2.45, 2.75) is 271 Å². The van der Waals surface area contributed by atoms with E-state index in [-0.39, 0.29) is 31.1 Å². The van der Waals surface area contributed by atoms with Crippen molar-refractivity contribution in [2.24, 2.45) is 0 Å². The molecule has 0 amide bonds. The molecule has 6 heteroatoms. The molecule has 1 atom stereocenters. The zero-order valence-electron chi connectivity index (χ0n) is 43.9. The van der Waals surface area contributed by atoms with Crippen LogP contribution in [0.25, 0.3) is 0 Å². The Labute approximate surface area is 414 Å². The van der Waals surface area contributed by atoms with E-state index < -0.39 is 6.10 Å². The van der Waals surface area contributed by atoms with Crippen LogP contribution in [0.15, 0.2) is 85.1 Å². The minimum atomic E-state index is -0.767. The van der Waals surface area contributed by atoms with Crippen LogP contribution in [0.1, 0.15) is 265 Å². The van der Waals surface area contributed by atoms with Gasteiger partial charge in [0.25, 0.3) is 0 Å². The molecular weight excluding hydrogens is 829 g/mol. The van der Waals surface area contributed by atoms with Crippen molar-refractivity contribution in [1.29, 1.82) is 0 Å². The first kappa shape index (κ1) is 63.6. The fraction of sp³-hybridized carbons (Fsp3) is 0.721. The maximum atomic E-state index is 12.6. The predicted molar refractivity (Wildman–Crippen MR) is 288 cm³/mol. The van der Waals surface area contributed by atoms with Gasteiger partial charge in [0.1, 0.15) is 13.2 Å². The number of rotatable bonds is 50. The van der Waals surface area contributed by atoms with Crippen LogP contribution in [-0.2, 0) is 28.6 Å². The van der Waals surface area contributed by atoms with Crippen LogP contribution in [0.2, 0.25) is 0 Å². The number of esters is 3. The SMILES string of the molecule is CC/C=C\C/C=C\C/C=C\C/C=C\C/C=C\C/C=C\C/C=C\CCCCCCCCCCCCCCCC(=O)OCC(COC(=O)CCCCCCC)OC(=O)CCCCCCCCCCC. The van der Waals surface area contributed by atoms with E-state index in [0.717, 1.165) is 109 Å². The lowest BCUT2D eigenvalue weighted by molar-refractivity contribution is -0.167. The first-order chi connectivity index (χ1) is 33.0. The van der Waals surface area contributed by atoms with Gasteiger partial charge in [0.2, 0.25) is 0 Å². The molecule has 6 nitrogen and oxygen atoms in total. The van der Waals surface area contributed by atoms with Gasteiger partial charge in [-0.3, -0.25) is 14.4 Å². The van der Waals surface area contributed by atoms with Crippen molar-refractivity contribution >= 4 is 17.9 Å². The standard InChI is InChI=1S/C61H104O6/c1-4-7-10-13-15-17-18-19-20-21-22-23-24-25-26-27-28-29-30-31-32-33-34-35-36-37-38-39-40-41-42-44-45-48-51-54-60(63)66-57-58(56-65-59(62)53-50-47-12-9-6-3)67-61(64)55-52-49-46-43-16-14-11-8-5-2/h7,10,15,17,19-20,22-23,25-26,28-29,31-32,58H,4-6,8-9,11-14,16,18,21,24,27,30,33-57H2,1-3H3/b10-7-,17-15-,20-19-,23-22-,26-25-,29-28-,32-31-. The highest BCUT2D eigenvalue weighted by molar-refractivity contribution is 5.71. The monoisotopic (exact) mass is 933 g/mol. The van der Waals surface area contributed by atoms with E-state index in [1.807, 2.05) is 0 Å². The number of allylic oxidation sites excluding steroid dienone is 14. The van der Waals surface area contributed by atoms with E-state index in [9.17, 15) is 14.4 Å². The maximum absolute atomic E-state index is 12.6. The average molecular weight is 933 g/mol.